The van der Waals surface area contributed by atoms with E-state index < -0.39 is 5.67 Å². The van der Waals surface area contributed by atoms with Gasteiger partial charge in [0, 0.05) is 6.54 Å². The van der Waals surface area contributed by atoms with E-state index in [1.54, 1.807) is 0 Å². The van der Waals surface area contributed by atoms with Crippen molar-refractivity contribution in [1.82, 2.24) is 0 Å². The van der Waals surface area contributed by atoms with Crippen LogP contribution in [0.2, 0.25) is 0 Å². The second-order valence-corrected chi connectivity index (χ2v) is 2.90. The molecular weight excluding hydrogens is 129 g/mol. The first-order chi connectivity index (χ1) is 4.60. The van der Waals surface area contributed by atoms with Gasteiger partial charge >= 0.3 is 0 Å². The molecule has 0 radical (unpaired) electrons. The first kappa shape index (κ1) is 9.89. The average molecular weight is 147 g/mol. The third-order valence-electron chi connectivity index (χ3n) is 2.42. The summed E-state index contributed by atoms with van der Waals surface area (Å²) in [5, 5.41) is 0. The van der Waals surface area contributed by atoms with Gasteiger partial charge in [0.25, 0.3) is 0 Å². The van der Waals surface area contributed by atoms with Crippen molar-refractivity contribution < 1.29 is 4.39 Å². The topological polar surface area (TPSA) is 26.0 Å². The number of hydrogen-bond donors (Lipinski definition) is 1. The Labute approximate surface area is 62.8 Å². The molecule has 0 bridgehead atoms. The second-order valence-electron chi connectivity index (χ2n) is 2.90. The van der Waals surface area contributed by atoms with Crippen LogP contribution in [0.4, 0.5) is 4.39 Å². The van der Waals surface area contributed by atoms with E-state index in [0.717, 1.165) is 6.42 Å². The highest BCUT2D eigenvalue weighted by atomic mass is 19.1. The van der Waals surface area contributed by atoms with Crippen molar-refractivity contribution in [3.63, 3.8) is 0 Å². The highest BCUT2D eigenvalue weighted by Gasteiger charge is 2.31. The summed E-state index contributed by atoms with van der Waals surface area (Å²) in [6, 6.07) is 0. The van der Waals surface area contributed by atoms with Crippen LogP contribution in [0.3, 0.4) is 0 Å². The molecule has 62 valence electrons. The molecule has 0 heterocycles. The largest absolute Gasteiger partial charge is 0.328 e. The molecule has 0 aliphatic rings. The molecule has 0 spiro atoms. The third-order valence-corrected chi connectivity index (χ3v) is 2.42. The standard InChI is InChI=1S/C8H18FN/c1-4-7(3)8(9,5-2)6-10/h7H,4-6,10H2,1-3H3. The number of hydrogen-bond acceptors (Lipinski definition) is 1. The molecule has 0 aliphatic heterocycles. The fourth-order valence-corrected chi connectivity index (χ4v) is 1.06. The monoisotopic (exact) mass is 147 g/mol. The lowest BCUT2D eigenvalue weighted by atomic mass is 9.86. The van der Waals surface area contributed by atoms with Gasteiger partial charge < -0.3 is 5.73 Å². The summed E-state index contributed by atoms with van der Waals surface area (Å²) in [6.07, 6.45) is 1.39. The molecule has 0 aromatic heterocycles. The molecule has 2 atom stereocenters. The van der Waals surface area contributed by atoms with Crippen molar-refractivity contribution in [2.24, 2.45) is 11.7 Å². The fraction of sp³-hybridized carbons (Fsp3) is 1.00. The Morgan fingerprint density at radius 1 is 1.50 bits per heavy atom. The van der Waals surface area contributed by atoms with Gasteiger partial charge in [-0.15, -0.1) is 0 Å². The van der Waals surface area contributed by atoms with E-state index in [-0.39, 0.29) is 12.5 Å². The Balaban J connectivity index is 4.02. The molecule has 0 saturated carbocycles. The van der Waals surface area contributed by atoms with Crippen LogP contribution in [-0.4, -0.2) is 12.2 Å². The highest BCUT2D eigenvalue weighted by molar-refractivity contribution is 4.83. The molecule has 0 aromatic rings. The normalized spacial score (nSPS) is 20.1. The molecule has 0 rings (SSSR count). The Morgan fingerprint density at radius 3 is 2.10 bits per heavy atom. The van der Waals surface area contributed by atoms with Crippen LogP contribution in [0.25, 0.3) is 0 Å². The average Bonchev–Trinajstić information content (AvgIpc) is 2.01. The Hall–Kier alpha value is -0.110. The third kappa shape index (κ3) is 1.94. The molecule has 2 unspecified atom stereocenters. The first-order valence-electron chi connectivity index (χ1n) is 3.99. The van der Waals surface area contributed by atoms with Crippen molar-refractivity contribution in [3.8, 4) is 0 Å². The Morgan fingerprint density at radius 2 is 2.00 bits per heavy atom. The predicted octanol–water partition coefficient (Wildman–Crippen LogP) is 2.11. The Kier molecular flexibility index (Phi) is 3.87. The quantitative estimate of drug-likeness (QED) is 0.647. The SMILES string of the molecule is CCC(C)C(F)(CC)CN. The van der Waals surface area contributed by atoms with Gasteiger partial charge in [0.15, 0.2) is 0 Å². The maximum Gasteiger partial charge on any atom is 0.125 e. The van der Waals surface area contributed by atoms with Crippen LogP contribution in [0.1, 0.15) is 33.6 Å². The first-order valence-corrected chi connectivity index (χ1v) is 3.99. The molecule has 2 heteroatoms. The zero-order valence-electron chi connectivity index (χ0n) is 7.15. The van der Waals surface area contributed by atoms with Crippen LogP contribution in [0.15, 0.2) is 0 Å². The van der Waals surface area contributed by atoms with Gasteiger partial charge in [-0.25, -0.2) is 4.39 Å². The van der Waals surface area contributed by atoms with Crippen molar-refractivity contribution in [1.29, 1.82) is 0 Å². The van der Waals surface area contributed by atoms with E-state index in [4.69, 9.17) is 5.73 Å². The molecule has 0 aromatic carbocycles. The smallest absolute Gasteiger partial charge is 0.125 e. The minimum atomic E-state index is -1.13. The lowest BCUT2D eigenvalue weighted by Crippen LogP contribution is -2.38. The maximum atomic E-state index is 13.5. The van der Waals surface area contributed by atoms with Gasteiger partial charge in [0.2, 0.25) is 0 Å². The van der Waals surface area contributed by atoms with Gasteiger partial charge in [0.05, 0.1) is 0 Å². The van der Waals surface area contributed by atoms with E-state index in [1.165, 1.54) is 0 Å². The molecule has 2 N–H and O–H groups in total. The molecule has 0 fully saturated rings. The van der Waals surface area contributed by atoms with Crippen LogP contribution in [0.5, 0.6) is 0 Å². The van der Waals surface area contributed by atoms with Crippen LogP contribution < -0.4 is 5.73 Å². The number of nitrogens with two attached hydrogens (primary N) is 1. The van der Waals surface area contributed by atoms with Crippen molar-refractivity contribution in [2.45, 2.75) is 39.3 Å². The summed E-state index contributed by atoms with van der Waals surface area (Å²) >= 11 is 0. The summed E-state index contributed by atoms with van der Waals surface area (Å²) in [4.78, 5) is 0. The molecule has 1 nitrogen and oxygen atoms in total. The van der Waals surface area contributed by atoms with Gasteiger partial charge in [-0.05, 0) is 12.3 Å². The van der Waals surface area contributed by atoms with Crippen LogP contribution in [-0.2, 0) is 0 Å². The van der Waals surface area contributed by atoms with Gasteiger partial charge in [-0.2, -0.15) is 0 Å². The lowest BCUT2D eigenvalue weighted by Gasteiger charge is -2.28. The maximum absolute atomic E-state index is 13.5. The van der Waals surface area contributed by atoms with E-state index >= 15 is 0 Å². The number of halogens is 1. The molecular formula is C8H18FN. The lowest BCUT2D eigenvalue weighted by molar-refractivity contribution is 0.0925. The number of alkyl halides is 1. The molecule has 10 heavy (non-hydrogen) atoms. The van der Waals surface area contributed by atoms with Crippen molar-refractivity contribution in [2.75, 3.05) is 6.54 Å². The van der Waals surface area contributed by atoms with E-state index in [2.05, 4.69) is 0 Å². The van der Waals surface area contributed by atoms with Crippen molar-refractivity contribution in [3.05, 3.63) is 0 Å². The van der Waals surface area contributed by atoms with Gasteiger partial charge in [-0.3, -0.25) is 0 Å². The Bertz CT molecular complexity index is 89.3. The summed E-state index contributed by atoms with van der Waals surface area (Å²) < 4.78 is 13.5. The minimum absolute atomic E-state index is 0.0856. The molecule has 0 saturated heterocycles. The van der Waals surface area contributed by atoms with Crippen LogP contribution in [0, 0.1) is 5.92 Å². The zero-order chi connectivity index (χ0) is 8.20. The van der Waals surface area contributed by atoms with E-state index in [1.807, 2.05) is 20.8 Å². The second kappa shape index (κ2) is 3.91. The zero-order valence-corrected chi connectivity index (χ0v) is 7.15. The summed E-state index contributed by atoms with van der Waals surface area (Å²) in [6.45, 7) is 5.90. The number of rotatable bonds is 4. The summed E-state index contributed by atoms with van der Waals surface area (Å²) in [5.74, 6) is 0.0856. The van der Waals surface area contributed by atoms with Crippen molar-refractivity contribution >= 4 is 0 Å². The predicted molar refractivity (Wildman–Crippen MR) is 42.6 cm³/mol. The molecule has 0 amide bonds. The molecule has 0 aliphatic carbocycles. The van der Waals surface area contributed by atoms with Gasteiger partial charge in [-0.1, -0.05) is 27.2 Å². The minimum Gasteiger partial charge on any atom is -0.328 e. The van der Waals surface area contributed by atoms with E-state index in [0.29, 0.717) is 6.42 Å². The van der Waals surface area contributed by atoms with E-state index in [9.17, 15) is 4.39 Å². The van der Waals surface area contributed by atoms with Gasteiger partial charge in [0.1, 0.15) is 5.67 Å². The summed E-state index contributed by atoms with van der Waals surface area (Å²) in [7, 11) is 0. The summed E-state index contributed by atoms with van der Waals surface area (Å²) in [5.41, 5.74) is 4.19. The van der Waals surface area contributed by atoms with Crippen LogP contribution >= 0.6 is 0 Å². The fourth-order valence-electron chi connectivity index (χ4n) is 1.06. The highest BCUT2D eigenvalue weighted by Crippen LogP contribution is 2.26.